The first-order valence-electron chi connectivity index (χ1n) is 10.9. The lowest BCUT2D eigenvalue weighted by Gasteiger charge is -2.40. The number of rotatable bonds is 4. The number of hydrogen-bond acceptors (Lipinski definition) is 6. The van der Waals surface area contributed by atoms with Gasteiger partial charge in [-0.05, 0) is 44.6 Å². The second kappa shape index (κ2) is 6.09. The van der Waals surface area contributed by atoms with Crippen LogP contribution in [0.4, 0.5) is 4.39 Å². The molecule has 4 atom stereocenters. The van der Waals surface area contributed by atoms with Gasteiger partial charge in [0.05, 0.1) is 18.2 Å². The number of fused-ring (bicyclic) bond motifs is 1. The van der Waals surface area contributed by atoms with Gasteiger partial charge in [-0.15, -0.1) is 0 Å². The first-order chi connectivity index (χ1) is 14.5. The number of carbonyl (C=O) groups excluding carboxylic acids is 1. The summed E-state index contributed by atoms with van der Waals surface area (Å²) in [6.45, 7) is 2.49. The highest BCUT2D eigenvalue weighted by atomic mass is 19.1. The van der Waals surface area contributed by atoms with Crippen molar-refractivity contribution in [1.82, 2.24) is 15.1 Å². The Balaban J connectivity index is 1.48. The normalized spacial score (nSPS) is 37.6. The van der Waals surface area contributed by atoms with Crippen molar-refractivity contribution < 1.29 is 23.8 Å². The number of aliphatic carboxylic acids is 1. The number of allylic oxidation sites excluding steroid dienone is 2. The Bertz CT molecular complexity index is 938. The highest BCUT2D eigenvalue weighted by Crippen LogP contribution is 2.70. The number of carboxylic acid groups (broad SMARTS) is 1. The minimum absolute atomic E-state index is 0.149. The first kappa shape index (κ1) is 18.4. The number of piperidine rings is 1. The molecule has 160 valence electrons. The van der Waals surface area contributed by atoms with Crippen LogP contribution in [0.15, 0.2) is 34.8 Å². The van der Waals surface area contributed by atoms with E-state index in [1.165, 1.54) is 13.3 Å². The van der Waals surface area contributed by atoms with E-state index in [1.807, 2.05) is 4.90 Å². The topological polar surface area (TPSA) is 82.1 Å². The summed E-state index contributed by atoms with van der Waals surface area (Å²) in [5.41, 5.74) is -0.190. The van der Waals surface area contributed by atoms with Crippen molar-refractivity contribution in [3.8, 4) is 0 Å². The van der Waals surface area contributed by atoms with Crippen LogP contribution in [0.25, 0.3) is 0 Å². The van der Waals surface area contributed by atoms with Gasteiger partial charge in [-0.1, -0.05) is 0 Å². The van der Waals surface area contributed by atoms with Crippen LogP contribution in [0.1, 0.15) is 32.1 Å². The van der Waals surface area contributed by atoms with Gasteiger partial charge in [0.2, 0.25) is 0 Å². The molecule has 0 radical (unpaired) electrons. The Morgan fingerprint density at radius 3 is 2.80 bits per heavy atom. The van der Waals surface area contributed by atoms with E-state index in [2.05, 4.69) is 10.2 Å². The van der Waals surface area contributed by atoms with Crippen molar-refractivity contribution in [2.45, 2.75) is 44.2 Å². The fourth-order valence-corrected chi connectivity index (χ4v) is 6.14. The number of carbonyl (C=O) groups is 2. The van der Waals surface area contributed by atoms with Crippen LogP contribution in [-0.4, -0.2) is 65.5 Å². The summed E-state index contributed by atoms with van der Waals surface area (Å²) in [5, 5.41) is 13.2. The number of Topliss-reactive ketones (excluding diaryl/α,β-unsaturated/α-hetero) is 1. The maximum Gasteiger partial charge on any atom is 0.340 e. The van der Waals surface area contributed by atoms with E-state index in [4.69, 9.17) is 4.74 Å². The summed E-state index contributed by atoms with van der Waals surface area (Å²) in [6.07, 6.45) is 5.90. The number of halogens is 1. The van der Waals surface area contributed by atoms with Crippen LogP contribution in [0.5, 0.6) is 0 Å². The molecule has 3 aliphatic carbocycles. The number of nitrogens with one attached hydrogen (secondary N) is 1. The van der Waals surface area contributed by atoms with Gasteiger partial charge in [-0.25, -0.2) is 9.18 Å². The molecule has 0 aromatic rings. The molecule has 4 fully saturated rings. The quantitative estimate of drug-likeness (QED) is 0.677. The number of ketones is 1. The smallest absolute Gasteiger partial charge is 0.340 e. The molecule has 30 heavy (non-hydrogen) atoms. The predicted octanol–water partition coefficient (Wildman–Crippen LogP) is 1.74. The summed E-state index contributed by atoms with van der Waals surface area (Å²) < 4.78 is 21.6. The molecule has 1 spiro atoms. The molecular weight excluding hydrogens is 389 g/mol. The third kappa shape index (κ3) is 2.28. The molecule has 3 heterocycles. The van der Waals surface area contributed by atoms with Crippen molar-refractivity contribution in [2.75, 3.05) is 26.7 Å². The zero-order valence-electron chi connectivity index (χ0n) is 17.0. The van der Waals surface area contributed by atoms with Crippen LogP contribution in [0.2, 0.25) is 0 Å². The molecule has 2 N–H and O–H groups in total. The molecule has 0 bridgehead atoms. The van der Waals surface area contributed by atoms with Gasteiger partial charge in [0.15, 0.2) is 11.5 Å². The Hall–Kier alpha value is -2.35. The Morgan fingerprint density at radius 1 is 1.33 bits per heavy atom. The second-order valence-electron chi connectivity index (χ2n) is 9.49. The molecule has 0 amide bonds. The third-order valence-electron chi connectivity index (χ3n) is 7.81. The second-order valence-corrected chi connectivity index (χ2v) is 9.49. The molecule has 6 aliphatic rings. The van der Waals surface area contributed by atoms with Gasteiger partial charge >= 0.3 is 5.97 Å². The zero-order valence-corrected chi connectivity index (χ0v) is 17.0. The van der Waals surface area contributed by atoms with E-state index in [9.17, 15) is 14.7 Å². The highest BCUT2D eigenvalue weighted by molar-refractivity contribution is 6.21. The van der Waals surface area contributed by atoms with Crippen molar-refractivity contribution >= 4 is 11.8 Å². The van der Waals surface area contributed by atoms with E-state index in [-0.39, 0.29) is 17.4 Å². The number of likely N-dealkylation sites (tertiary alicyclic amines) is 1. The summed E-state index contributed by atoms with van der Waals surface area (Å²) in [5.74, 6) is -1.72. The van der Waals surface area contributed by atoms with Crippen LogP contribution in [-0.2, 0) is 14.3 Å². The van der Waals surface area contributed by atoms with Crippen molar-refractivity contribution in [3.63, 3.8) is 0 Å². The van der Waals surface area contributed by atoms with E-state index >= 15 is 4.39 Å². The predicted molar refractivity (Wildman–Crippen MR) is 104 cm³/mol. The molecule has 6 rings (SSSR count). The first-order valence-corrected chi connectivity index (χ1v) is 10.9. The van der Waals surface area contributed by atoms with Gasteiger partial charge in [-0.2, -0.15) is 0 Å². The van der Waals surface area contributed by atoms with Gasteiger partial charge in [0.1, 0.15) is 17.1 Å². The molecule has 2 saturated carbocycles. The summed E-state index contributed by atoms with van der Waals surface area (Å²) in [4.78, 5) is 29.0. The largest absolute Gasteiger partial charge is 0.493 e. The molecule has 0 aromatic heterocycles. The highest BCUT2D eigenvalue weighted by Gasteiger charge is 2.72. The van der Waals surface area contributed by atoms with E-state index in [1.54, 1.807) is 0 Å². The third-order valence-corrected chi connectivity index (χ3v) is 7.81. The van der Waals surface area contributed by atoms with E-state index in [0.29, 0.717) is 35.5 Å². The number of nitrogens with zero attached hydrogens (tertiary/aromatic N) is 2. The van der Waals surface area contributed by atoms with Crippen LogP contribution in [0.3, 0.4) is 0 Å². The number of ether oxygens (including phenoxy) is 1. The Labute approximate surface area is 174 Å². The minimum atomic E-state index is -1.24. The molecule has 2 saturated heterocycles. The van der Waals surface area contributed by atoms with E-state index in [0.717, 1.165) is 45.3 Å². The SMILES string of the molecule is COC1=C2N(C3CC3)C=C(C(=O)O)C(=O)C23CC3C(F)=C1N1C[C@@H]2CCCN[C@@H]2C1. The molecule has 0 aromatic carbocycles. The number of methoxy groups -OCH3 is 1. The number of hydrogen-bond donors (Lipinski definition) is 2. The fourth-order valence-electron chi connectivity index (χ4n) is 6.14. The Morgan fingerprint density at radius 2 is 2.13 bits per heavy atom. The average molecular weight is 415 g/mol. The van der Waals surface area contributed by atoms with Crippen LogP contribution in [0, 0.1) is 17.3 Å². The standard InChI is InChI=1S/C22H26FN3O4/c1-30-18-17(25-8-11-3-2-6-24-15(11)10-25)16(23)14-7-22(14)19(18)26(12-4-5-12)9-13(20(22)27)21(28)29/h9,11-12,14-15,24H,2-8,10H2,1H3,(H,28,29)/t11-,14?,15+,22?/m0/s1. The van der Waals surface area contributed by atoms with Crippen molar-refractivity contribution in [1.29, 1.82) is 0 Å². The van der Waals surface area contributed by atoms with Crippen LogP contribution >= 0.6 is 0 Å². The minimum Gasteiger partial charge on any atom is -0.493 e. The molecule has 3 aliphatic heterocycles. The average Bonchev–Trinajstić information content (AvgIpc) is 3.64. The Kier molecular flexibility index (Phi) is 3.74. The lowest BCUT2D eigenvalue weighted by Crippen LogP contribution is -2.44. The monoisotopic (exact) mass is 415 g/mol. The van der Waals surface area contributed by atoms with Crippen molar-refractivity contribution in [3.05, 3.63) is 34.8 Å². The van der Waals surface area contributed by atoms with Gasteiger partial charge in [0.25, 0.3) is 0 Å². The maximum atomic E-state index is 15.8. The summed E-state index contributed by atoms with van der Waals surface area (Å²) in [7, 11) is 1.53. The summed E-state index contributed by atoms with van der Waals surface area (Å²) >= 11 is 0. The number of carboxylic acids is 1. The van der Waals surface area contributed by atoms with Gasteiger partial charge in [-0.3, -0.25) is 4.79 Å². The van der Waals surface area contributed by atoms with Gasteiger partial charge in [0, 0.05) is 37.3 Å². The summed E-state index contributed by atoms with van der Waals surface area (Å²) in [6, 6.07) is 0.495. The van der Waals surface area contributed by atoms with Crippen molar-refractivity contribution in [2.24, 2.45) is 17.3 Å². The van der Waals surface area contributed by atoms with Crippen LogP contribution < -0.4 is 5.32 Å². The maximum absolute atomic E-state index is 15.8. The molecule has 8 heteroatoms. The van der Waals surface area contributed by atoms with E-state index < -0.39 is 23.1 Å². The molecule has 7 nitrogen and oxygen atoms in total. The molecule has 2 unspecified atom stereocenters. The molecular formula is C22H26FN3O4. The lowest BCUT2D eigenvalue weighted by atomic mass is 9.81. The fraction of sp³-hybridized carbons (Fsp3) is 0.636. The lowest BCUT2D eigenvalue weighted by molar-refractivity contribution is -0.136. The zero-order chi connectivity index (χ0) is 20.8. The van der Waals surface area contributed by atoms with Gasteiger partial charge < -0.3 is 25.0 Å².